The van der Waals surface area contributed by atoms with E-state index < -0.39 is 5.97 Å². The third kappa shape index (κ3) is 3.68. The fraction of sp³-hybridized carbons (Fsp3) is 0.611. The van der Waals surface area contributed by atoms with Crippen LogP contribution >= 0.6 is 0 Å². The second-order valence-corrected chi connectivity index (χ2v) is 7.32. The minimum absolute atomic E-state index is 0.00800. The summed E-state index contributed by atoms with van der Waals surface area (Å²) in [6, 6.07) is 7.13. The van der Waals surface area contributed by atoms with Crippen LogP contribution in [0, 0.1) is 0 Å². The largest absolute Gasteiger partial charge is 0.478 e. The Morgan fingerprint density at radius 2 is 1.77 bits per heavy atom. The van der Waals surface area contributed by atoms with E-state index in [9.17, 15) is 9.90 Å². The number of hydrogen-bond donors (Lipinski definition) is 1. The Hall–Kier alpha value is -1.39. The quantitative estimate of drug-likeness (QED) is 0.896. The molecule has 0 unspecified atom stereocenters. The number of rotatable bonds is 5. The van der Waals surface area contributed by atoms with Gasteiger partial charge < -0.3 is 5.11 Å². The van der Waals surface area contributed by atoms with E-state index in [1.165, 1.54) is 6.42 Å². The molecular formula is C18H27NO3. The first-order valence-electron chi connectivity index (χ1n) is 7.98. The zero-order valence-electron chi connectivity index (χ0n) is 14.1. The number of carboxylic acids is 1. The molecule has 122 valence electrons. The van der Waals surface area contributed by atoms with Crippen molar-refractivity contribution in [2.75, 3.05) is 6.61 Å². The summed E-state index contributed by atoms with van der Waals surface area (Å²) in [4.78, 5) is 17.3. The summed E-state index contributed by atoms with van der Waals surface area (Å²) in [6.07, 6.45) is 4.04. The highest BCUT2D eigenvalue weighted by Gasteiger charge is 2.42. The van der Waals surface area contributed by atoms with Crippen LogP contribution in [0.15, 0.2) is 24.3 Å². The first-order valence-corrected chi connectivity index (χ1v) is 7.98. The number of benzene rings is 1. The van der Waals surface area contributed by atoms with Gasteiger partial charge in [0.2, 0.25) is 0 Å². The van der Waals surface area contributed by atoms with Crippen LogP contribution in [0.3, 0.4) is 0 Å². The molecule has 0 saturated carbocycles. The Kier molecular flexibility index (Phi) is 4.93. The Balaban J connectivity index is 2.02. The van der Waals surface area contributed by atoms with Crippen molar-refractivity contribution in [2.45, 2.75) is 64.5 Å². The van der Waals surface area contributed by atoms with Crippen molar-refractivity contribution in [1.29, 1.82) is 0 Å². The summed E-state index contributed by atoms with van der Waals surface area (Å²) in [7, 11) is 0. The zero-order valence-corrected chi connectivity index (χ0v) is 14.1. The summed E-state index contributed by atoms with van der Waals surface area (Å²) >= 11 is 0. The molecule has 2 rings (SSSR count). The van der Waals surface area contributed by atoms with Gasteiger partial charge in [0.1, 0.15) is 0 Å². The summed E-state index contributed by atoms with van der Waals surface area (Å²) < 4.78 is 0. The lowest BCUT2D eigenvalue weighted by molar-refractivity contribution is -0.280. The van der Waals surface area contributed by atoms with Crippen LogP contribution in [0.25, 0.3) is 0 Å². The number of hydroxylamine groups is 2. The first kappa shape index (κ1) is 17.0. The highest BCUT2D eigenvalue weighted by atomic mass is 16.7. The Labute approximate surface area is 133 Å². The van der Waals surface area contributed by atoms with E-state index in [1.54, 1.807) is 12.1 Å². The molecule has 0 bridgehead atoms. The van der Waals surface area contributed by atoms with E-state index in [-0.39, 0.29) is 11.1 Å². The smallest absolute Gasteiger partial charge is 0.335 e. The van der Waals surface area contributed by atoms with Crippen molar-refractivity contribution < 1.29 is 14.7 Å². The third-order valence-electron chi connectivity index (χ3n) is 4.52. The molecule has 1 N–H and O–H groups in total. The molecule has 1 heterocycles. The highest BCUT2D eigenvalue weighted by Crippen LogP contribution is 2.38. The van der Waals surface area contributed by atoms with Gasteiger partial charge in [0, 0.05) is 11.1 Å². The van der Waals surface area contributed by atoms with Gasteiger partial charge in [-0.15, -0.1) is 0 Å². The molecule has 1 aliphatic heterocycles. The molecule has 4 heteroatoms. The van der Waals surface area contributed by atoms with Crippen molar-refractivity contribution in [2.24, 2.45) is 0 Å². The lowest BCUT2D eigenvalue weighted by atomic mass is 9.82. The second kappa shape index (κ2) is 6.39. The van der Waals surface area contributed by atoms with Crippen LogP contribution in [-0.2, 0) is 11.3 Å². The predicted molar refractivity (Wildman–Crippen MR) is 86.9 cm³/mol. The van der Waals surface area contributed by atoms with E-state index >= 15 is 0 Å². The summed E-state index contributed by atoms with van der Waals surface area (Å²) in [5.74, 6) is -0.880. The summed E-state index contributed by atoms with van der Waals surface area (Å²) in [5, 5.41) is 11.3. The van der Waals surface area contributed by atoms with Gasteiger partial charge in [-0.3, -0.25) is 4.84 Å². The number of piperidine rings is 1. The maximum atomic E-state index is 11.2. The van der Waals surface area contributed by atoms with Gasteiger partial charge in [-0.1, -0.05) is 18.2 Å². The molecular weight excluding hydrogens is 278 g/mol. The molecule has 1 fully saturated rings. The van der Waals surface area contributed by atoms with Gasteiger partial charge in [0.25, 0.3) is 0 Å². The number of carbonyl (C=O) groups is 1. The summed E-state index contributed by atoms with van der Waals surface area (Å²) in [6.45, 7) is 9.33. The minimum Gasteiger partial charge on any atom is -0.478 e. The minimum atomic E-state index is -0.880. The maximum absolute atomic E-state index is 11.2. The van der Waals surface area contributed by atoms with Crippen molar-refractivity contribution >= 4 is 5.97 Å². The number of aromatic carboxylic acids is 1. The SMILES string of the molecule is CC1(C)CCCC(C)(C)N1OCCc1ccccc1C(=O)O. The van der Waals surface area contributed by atoms with Crippen LogP contribution in [0.2, 0.25) is 0 Å². The fourth-order valence-corrected chi connectivity index (χ4v) is 3.52. The monoisotopic (exact) mass is 305 g/mol. The average molecular weight is 305 g/mol. The number of hydrogen-bond acceptors (Lipinski definition) is 3. The van der Waals surface area contributed by atoms with Gasteiger partial charge in [0.05, 0.1) is 12.2 Å². The van der Waals surface area contributed by atoms with Crippen LogP contribution in [0.5, 0.6) is 0 Å². The normalized spacial score (nSPS) is 20.7. The third-order valence-corrected chi connectivity index (χ3v) is 4.52. The molecule has 1 aromatic rings. The van der Waals surface area contributed by atoms with E-state index in [1.807, 2.05) is 12.1 Å². The molecule has 0 aromatic heterocycles. The van der Waals surface area contributed by atoms with Crippen molar-refractivity contribution in [3.63, 3.8) is 0 Å². The van der Waals surface area contributed by atoms with Crippen LogP contribution in [0.1, 0.15) is 62.9 Å². The molecule has 1 aromatic carbocycles. The van der Waals surface area contributed by atoms with E-state index in [2.05, 4.69) is 32.8 Å². The Morgan fingerprint density at radius 1 is 1.18 bits per heavy atom. The first-order chi connectivity index (χ1) is 10.2. The highest BCUT2D eigenvalue weighted by molar-refractivity contribution is 5.89. The molecule has 0 aliphatic carbocycles. The molecule has 1 saturated heterocycles. The van der Waals surface area contributed by atoms with Crippen LogP contribution in [0.4, 0.5) is 0 Å². The topological polar surface area (TPSA) is 49.8 Å². The lowest BCUT2D eigenvalue weighted by Crippen LogP contribution is -2.58. The second-order valence-electron chi connectivity index (χ2n) is 7.32. The van der Waals surface area contributed by atoms with Crippen molar-refractivity contribution in [3.05, 3.63) is 35.4 Å². The van der Waals surface area contributed by atoms with Gasteiger partial charge >= 0.3 is 5.97 Å². The molecule has 4 nitrogen and oxygen atoms in total. The molecule has 0 spiro atoms. The fourth-order valence-electron chi connectivity index (χ4n) is 3.52. The Morgan fingerprint density at radius 3 is 2.36 bits per heavy atom. The molecule has 0 amide bonds. The van der Waals surface area contributed by atoms with Crippen LogP contribution in [-0.4, -0.2) is 33.8 Å². The standard InChI is InChI=1S/C18H27NO3/c1-17(2)11-7-12-18(3,4)19(17)22-13-10-14-8-5-6-9-15(14)16(20)21/h5-6,8-9H,7,10-13H2,1-4H3,(H,20,21). The molecule has 22 heavy (non-hydrogen) atoms. The zero-order chi connectivity index (χ0) is 16.4. The van der Waals surface area contributed by atoms with Crippen molar-refractivity contribution in [3.8, 4) is 0 Å². The van der Waals surface area contributed by atoms with Gasteiger partial charge in [-0.25, -0.2) is 4.79 Å². The molecule has 1 aliphatic rings. The van der Waals surface area contributed by atoms with Gasteiger partial charge in [0.15, 0.2) is 0 Å². The van der Waals surface area contributed by atoms with E-state index in [0.717, 1.165) is 18.4 Å². The van der Waals surface area contributed by atoms with E-state index in [0.29, 0.717) is 18.6 Å². The lowest BCUT2D eigenvalue weighted by Gasteiger charge is -2.51. The van der Waals surface area contributed by atoms with E-state index in [4.69, 9.17) is 4.84 Å². The predicted octanol–water partition coefficient (Wildman–Crippen LogP) is 3.90. The number of carboxylic acid groups (broad SMARTS) is 1. The van der Waals surface area contributed by atoms with Gasteiger partial charge in [-0.05, 0) is 65.0 Å². The average Bonchev–Trinajstić information content (AvgIpc) is 2.41. The van der Waals surface area contributed by atoms with Crippen molar-refractivity contribution in [1.82, 2.24) is 5.06 Å². The molecule has 0 atom stereocenters. The number of nitrogens with zero attached hydrogens (tertiary/aromatic N) is 1. The van der Waals surface area contributed by atoms with Gasteiger partial charge in [-0.2, -0.15) is 5.06 Å². The Bertz CT molecular complexity index is 521. The molecule has 0 radical (unpaired) electrons. The summed E-state index contributed by atoms with van der Waals surface area (Å²) in [5.41, 5.74) is 1.20. The van der Waals surface area contributed by atoms with Crippen LogP contribution < -0.4 is 0 Å². The maximum Gasteiger partial charge on any atom is 0.335 e.